The number of anilines is 1. The Kier molecular flexibility index (Phi) is 6.62. The number of nitrogens with zero attached hydrogens (tertiary/aromatic N) is 3. The third-order valence-corrected chi connectivity index (χ3v) is 4.18. The van der Waals surface area contributed by atoms with Gasteiger partial charge < -0.3 is 15.6 Å². The van der Waals surface area contributed by atoms with Gasteiger partial charge in [-0.2, -0.15) is 0 Å². The van der Waals surface area contributed by atoms with Crippen molar-refractivity contribution >= 4 is 23.6 Å². The number of aromatic nitrogens is 2. The summed E-state index contributed by atoms with van der Waals surface area (Å²) in [7, 11) is 1.38. The van der Waals surface area contributed by atoms with Crippen molar-refractivity contribution in [2.45, 2.75) is 32.7 Å². The van der Waals surface area contributed by atoms with Gasteiger partial charge in [0.1, 0.15) is 12.4 Å². The highest BCUT2D eigenvalue weighted by molar-refractivity contribution is 6.32. The lowest BCUT2D eigenvalue weighted by atomic mass is 9.93. The van der Waals surface area contributed by atoms with Gasteiger partial charge in [0.25, 0.3) is 0 Å². The SMILES string of the molecule is CC(C)C[C@](C)(N)COc1ccc(-c2ccnc(N(C)C(=O)O)n2)cc1Cl. The molecule has 0 aliphatic carbocycles. The van der Waals surface area contributed by atoms with Crippen LogP contribution in [0.25, 0.3) is 11.3 Å². The second-order valence-corrected chi connectivity index (χ2v) is 7.68. The lowest BCUT2D eigenvalue weighted by Gasteiger charge is -2.26. The highest BCUT2D eigenvalue weighted by atomic mass is 35.5. The van der Waals surface area contributed by atoms with Crippen molar-refractivity contribution in [2.75, 3.05) is 18.6 Å². The van der Waals surface area contributed by atoms with E-state index in [0.29, 0.717) is 29.0 Å². The van der Waals surface area contributed by atoms with Gasteiger partial charge >= 0.3 is 6.09 Å². The molecule has 3 N–H and O–H groups in total. The Balaban J connectivity index is 2.17. The molecule has 0 fully saturated rings. The van der Waals surface area contributed by atoms with Gasteiger partial charge in [-0.15, -0.1) is 0 Å². The number of rotatable bonds is 7. The molecule has 0 bridgehead atoms. The smallest absolute Gasteiger partial charge is 0.413 e. The van der Waals surface area contributed by atoms with Crippen LogP contribution >= 0.6 is 11.6 Å². The van der Waals surface area contributed by atoms with Crippen molar-refractivity contribution in [1.29, 1.82) is 0 Å². The van der Waals surface area contributed by atoms with E-state index in [2.05, 4.69) is 23.8 Å². The second kappa shape index (κ2) is 8.54. The zero-order valence-electron chi connectivity index (χ0n) is 15.9. The van der Waals surface area contributed by atoms with E-state index in [-0.39, 0.29) is 5.95 Å². The molecule has 0 saturated carbocycles. The maximum absolute atomic E-state index is 11.1. The lowest BCUT2D eigenvalue weighted by molar-refractivity contribution is 0.203. The Bertz CT molecular complexity index is 811. The van der Waals surface area contributed by atoms with E-state index in [1.807, 2.05) is 13.0 Å². The fourth-order valence-corrected chi connectivity index (χ4v) is 3.00. The van der Waals surface area contributed by atoms with Crippen LogP contribution in [-0.2, 0) is 0 Å². The minimum absolute atomic E-state index is 0.0871. The van der Waals surface area contributed by atoms with Crippen molar-refractivity contribution in [3.8, 4) is 17.0 Å². The number of hydrogen-bond acceptors (Lipinski definition) is 5. The lowest BCUT2D eigenvalue weighted by Crippen LogP contribution is -2.43. The summed E-state index contributed by atoms with van der Waals surface area (Å²) in [5.41, 5.74) is 7.11. The molecular formula is C19H25ClN4O3. The first kappa shape index (κ1) is 20.9. The zero-order chi connectivity index (χ0) is 20.2. The quantitative estimate of drug-likeness (QED) is 0.736. The molecule has 0 aliphatic rings. The molecular weight excluding hydrogens is 368 g/mol. The van der Waals surface area contributed by atoms with E-state index < -0.39 is 11.6 Å². The largest absolute Gasteiger partial charge is 0.490 e. The molecule has 2 rings (SSSR count). The molecule has 1 aromatic carbocycles. The standard InChI is InChI=1S/C19H25ClN4O3/c1-12(2)10-19(3,21)11-27-16-6-5-13(9-14(16)20)15-7-8-22-17(23-15)24(4)18(25)26/h5-9,12H,10-11,21H2,1-4H3,(H,25,26)/t19-/m0/s1. The van der Waals surface area contributed by atoms with Crippen LogP contribution in [0, 0.1) is 5.92 Å². The number of benzene rings is 1. The van der Waals surface area contributed by atoms with Gasteiger partial charge in [0.05, 0.1) is 10.7 Å². The first-order valence-corrected chi connectivity index (χ1v) is 8.98. The first-order chi connectivity index (χ1) is 12.6. The molecule has 0 radical (unpaired) electrons. The molecule has 146 valence electrons. The second-order valence-electron chi connectivity index (χ2n) is 7.27. The van der Waals surface area contributed by atoms with E-state index in [1.54, 1.807) is 18.2 Å². The molecule has 2 aromatic rings. The van der Waals surface area contributed by atoms with E-state index >= 15 is 0 Å². The average molecular weight is 393 g/mol. The molecule has 1 atom stereocenters. The first-order valence-electron chi connectivity index (χ1n) is 8.60. The van der Waals surface area contributed by atoms with Crippen LogP contribution < -0.4 is 15.4 Å². The van der Waals surface area contributed by atoms with Crippen LogP contribution in [0.4, 0.5) is 10.7 Å². The molecule has 1 amide bonds. The van der Waals surface area contributed by atoms with E-state index in [0.717, 1.165) is 16.9 Å². The van der Waals surface area contributed by atoms with Gasteiger partial charge in [-0.25, -0.2) is 19.7 Å². The fourth-order valence-electron chi connectivity index (χ4n) is 2.77. The van der Waals surface area contributed by atoms with Crippen LogP contribution in [0.3, 0.4) is 0 Å². The minimum Gasteiger partial charge on any atom is -0.490 e. The van der Waals surface area contributed by atoms with Crippen molar-refractivity contribution in [2.24, 2.45) is 11.7 Å². The topological polar surface area (TPSA) is 102 Å². The summed E-state index contributed by atoms with van der Waals surface area (Å²) in [6, 6.07) is 6.97. The predicted molar refractivity (Wildman–Crippen MR) is 106 cm³/mol. The minimum atomic E-state index is -1.14. The van der Waals surface area contributed by atoms with Gasteiger partial charge in [0.15, 0.2) is 0 Å². The van der Waals surface area contributed by atoms with Gasteiger partial charge in [-0.1, -0.05) is 25.4 Å². The average Bonchev–Trinajstić information content (AvgIpc) is 2.59. The zero-order valence-corrected chi connectivity index (χ0v) is 16.7. The van der Waals surface area contributed by atoms with E-state index in [9.17, 15) is 4.79 Å². The Morgan fingerprint density at radius 3 is 2.70 bits per heavy atom. The van der Waals surface area contributed by atoms with Gasteiger partial charge in [0.2, 0.25) is 5.95 Å². The normalized spacial score (nSPS) is 13.3. The molecule has 1 heterocycles. The summed E-state index contributed by atoms with van der Waals surface area (Å²) in [6.07, 6.45) is 1.20. The van der Waals surface area contributed by atoms with Crippen LogP contribution in [0.2, 0.25) is 5.02 Å². The molecule has 0 aliphatic heterocycles. The number of nitrogens with two attached hydrogens (primary N) is 1. The van der Waals surface area contributed by atoms with Crippen molar-refractivity contribution in [1.82, 2.24) is 9.97 Å². The molecule has 1 aromatic heterocycles. The molecule has 0 saturated heterocycles. The van der Waals surface area contributed by atoms with Crippen molar-refractivity contribution in [3.63, 3.8) is 0 Å². The Morgan fingerprint density at radius 2 is 2.11 bits per heavy atom. The number of carboxylic acid groups (broad SMARTS) is 1. The van der Waals surface area contributed by atoms with Crippen LogP contribution in [0.5, 0.6) is 5.75 Å². The number of ether oxygens (including phenoxy) is 1. The summed E-state index contributed by atoms with van der Waals surface area (Å²) in [4.78, 5) is 20.2. The Morgan fingerprint density at radius 1 is 1.41 bits per heavy atom. The summed E-state index contributed by atoms with van der Waals surface area (Å²) < 4.78 is 5.81. The highest BCUT2D eigenvalue weighted by Crippen LogP contribution is 2.31. The maximum Gasteiger partial charge on any atom is 0.413 e. The van der Waals surface area contributed by atoms with E-state index in [1.165, 1.54) is 13.2 Å². The number of hydrogen-bond donors (Lipinski definition) is 2. The Hall–Kier alpha value is -2.38. The molecule has 8 heteroatoms. The van der Waals surface area contributed by atoms with E-state index in [4.69, 9.17) is 27.2 Å². The van der Waals surface area contributed by atoms with Crippen molar-refractivity contribution < 1.29 is 14.6 Å². The summed E-state index contributed by atoms with van der Waals surface area (Å²) >= 11 is 6.35. The number of halogens is 1. The number of carbonyl (C=O) groups is 1. The summed E-state index contributed by atoms with van der Waals surface area (Å²) in [5.74, 6) is 1.10. The van der Waals surface area contributed by atoms with Crippen molar-refractivity contribution in [3.05, 3.63) is 35.5 Å². The number of amides is 1. The third-order valence-electron chi connectivity index (χ3n) is 3.89. The van der Waals surface area contributed by atoms with Gasteiger partial charge in [-0.05, 0) is 43.5 Å². The van der Waals surface area contributed by atoms with Crippen LogP contribution in [0.15, 0.2) is 30.5 Å². The molecule has 27 heavy (non-hydrogen) atoms. The fraction of sp³-hybridized carbons (Fsp3) is 0.421. The monoisotopic (exact) mass is 392 g/mol. The molecule has 0 spiro atoms. The third kappa shape index (κ3) is 5.80. The van der Waals surface area contributed by atoms with Crippen LogP contribution in [0.1, 0.15) is 27.2 Å². The summed E-state index contributed by atoms with van der Waals surface area (Å²) in [5, 5.41) is 9.48. The maximum atomic E-state index is 11.1. The highest BCUT2D eigenvalue weighted by Gasteiger charge is 2.21. The Labute approximate surface area is 164 Å². The van der Waals surface area contributed by atoms with Crippen LogP contribution in [-0.4, -0.2) is 40.4 Å². The molecule has 7 nitrogen and oxygen atoms in total. The van der Waals surface area contributed by atoms with Gasteiger partial charge in [0, 0.05) is 24.3 Å². The van der Waals surface area contributed by atoms with Gasteiger partial charge in [-0.3, -0.25) is 0 Å². The summed E-state index contributed by atoms with van der Waals surface area (Å²) in [6.45, 7) is 6.54. The predicted octanol–water partition coefficient (Wildman–Crippen LogP) is 4.05. The molecule has 0 unspecified atom stereocenters.